The number of hydrogen-bond donors (Lipinski definition) is 2. The molecule has 5 heteroatoms. The van der Waals surface area contributed by atoms with E-state index in [1.54, 1.807) is 19.3 Å². The van der Waals surface area contributed by atoms with Gasteiger partial charge in [-0.25, -0.2) is 0 Å². The van der Waals surface area contributed by atoms with Crippen molar-refractivity contribution in [3.8, 4) is 0 Å². The van der Waals surface area contributed by atoms with Crippen molar-refractivity contribution in [2.45, 2.75) is 13.1 Å². The molecule has 0 bridgehead atoms. The fraction of sp³-hybridized carbons (Fsp3) is 0.200. The van der Waals surface area contributed by atoms with Gasteiger partial charge in [0.25, 0.3) is 5.91 Å². The van der Waals surface area contributed by atoms with E-state index < -0.39 is 0 Å². The zero-order valence-corrected chi connectivity index (χ0v) is 11.1. The predicted octanol–water partition coefficient (Wildman–Crippen LogP) is 1.24. The molecule has 2 N–H and O–H groups in total. The smallest absolute Gasteiger partial charge is 0.255 e. The lowest BCUT2D eigenvalue weighted by Gasteiger charge is -2.07. The van der Waals surface area contributed by atoms with Crippen molar-refractivity contribution < 1.29 is 4.79 Å². The zero-order chi connectivity index (χ0) is 14.1. The second-order valence-corrected chi connectivity index (χ2v) is 4.91. The first-order chi connectivity index (χ1) is 9.63. The number of amides is 1. The normalized spacial score (nSPS) is 13.1. The second kappa shape index (κ2) is 4.94. The molecule has 0 radical (unpaired) electrons. The van der Waals surface area contributed by atoms with E-state index in [1.807, 2.05) is 18.2 Å². The standard InChI is InChI=1S/C15H15N3O2/c1-18-9-13(4-5-14(18)19)17-15(20)10-2-3-11-7-16-8-12(11)6-10/h2-6,9,16H,7-8H2,1H3,(H,17,20). The summed E-state index contributed by atoms with van der Waals surface area (Å²) in [6.07, 6.45) is 1.61. The molecule has 3 rings (SSSR count). The molecule has 1 aliphatic rings. The topological polar surface area (TPSA) is 63.1 Å². The van der Waals surface area contributed by atoms with Crippen LogP contribution >= 0.6 is 0 Å². The SMILES string of the molecule is Cn1cc(NC(=O)c2ccc3c(c2)CNC3)ccc1=O. The molecule has 0 unspecified atom stereocenters. The third-order valence-corrected chi connectivity index (χ3v) is 3.44. The Morgan fingerprint density at radius 3 is 2.80 bits per heavy atom. The van der Waals surface area contributed by atoms with E-state index in [1.165, 1.54) is 16.2 Å². The van der Waals surface area contributed by atoms with E-state index in [4.69, 9.17) is 0 Å². The Hall–Kier alpha value is -2.40. The number of aryl methyl sites for hydroxylation is 1. The van der Waals surface area contributed by atoms with E-state index in [-0.39, 0.29) is 11.5 Å². The largest absolute Gasteiger partial charge is 0.321 e. The van der Waals surface area contributed by atoms with Crippen LogP contribution in [-0.4, -0.2) is 10.5 Å². The van der Waals surface area contributed by atoms with Gasteiger partial charge in [-0.15, -0.1) is 0 Å². The molecule has 0 aliphatic carbocycles. The van der Waals surface area contributed by atoms with Crippen molar-refractivity contribution in [1.82, 2.24) is 9.88 Å². The number of carbonyl (C=O) groups is 1. The second-order valence-electron chi connectivity index (χ2n) is 4.91. The molecule has 1 aromatic heterocycles. The van der Waals surface area contributed by atoms with E-state index in [0.29, 0.717) is 11.3 Å². The van der Waals surface area contributed by atoms with E-state index in [0.717, 1.165) is 18.7 Å². The summed E-state index contributed by atoms with van der Waals surface area (Å²) in [6.45, 7) is 1.66. The van der Waals surface area contributed by atoms with E-state index in [2.05, 4.69) is 10.6 Å². The van der Waals surface area contributed by atoms with Crippen LogP contribution in [0, 0.1) is 0 Å². The summed E-state index contributed by atoms with van der Waals surface area (Å²) in [5, 5.41) is 6.05. The van der Waals surface area contributed by atoms with Crippen LogP contribution in [-0.2, 0) is 20.1 Å². The minimum atomic E-state index is -0.168. The fourth-order valence-corrected chi connectivity index (χ4v) is 2.31. The summed E-state index contributed by atoms with van der Waals surface area (Å²) >= 11 is 0. The summed E-state index contributed by atoms with van der Waals surface area (Å²) in [4.78, 5) is 23.5. The quantitative estimate of drug-likeness (QED) is 0.862. The summed E-state index contributed by atoms with van der Waals surface area (Å²) in [6, 6.07) is 8.75. The highest BCUT2D eigenvalue weighted by molar-refractivity contribution is 6.04. The molecular weight excluding hydrogens is 254 g/mol. The molecule has 5 nitrogen and oxygen atoms in total. The minimum Gasteiger partial charge on any atom is -0.321 e. The first kappa shape index (κ1) is 12.6. The van der Waals surface area contributed by atoms with Gasteiger partial charge in [0.2, 0.25) is 5.56 Å². The number of pyridine rings is 1. The highest BCUT2D eigenvalue weighted by Gasteiger charge is 2.13. The van der Waals surface area contributed by atoms with E-state index in [9.17, 15) is 9.59 Å². The summed E-state index contributed by atoms with van der Waals surface area (Å²) in [5.41, 5.74) is 3.53. The van der Waals surface area contributed by atoms with Gasteiger partial charge in [-0.3, -0.25) is 9.59 Å². The number of fused-ring (bicyclic) bond motifs is 1. The van der Waals surface area contributed by atoms with Crippen molar-refractivity contribution in [3.63, 3.8) is 0 Å². The maximum Gasteiger partial charge on any atom is 0.255 e. The van der Waals surface area contributed by atoms with Gasteiger partial charge in [0.1, 0.15) is 0 Å². The van der Waals surface area contributed by atoms with Gasteiger partial charge >= 0.3 is 0 Å². The number of carbonyl (C=O) groups excluding carboxylic acids is 1. The molecule has 102 valence electrons. The Morgan fingerprint density at radius 1 is 1.20 bits per heavy atom. The van der Waals surface area contributed by atoms with Gasteiger partial charge in [0.15, 0.2) is 0 Å². The van der Waals surface area contributed by atoms with Crippen molar-refractivity contribution in [3.05, 3.63) is 63.6 Å². The van der Waals surface area contributed by atoms with Crippen molar-refractivity contribution in [2.24, 2.45) is 7.05 Å². The Labute approximate surface area is 116 Å². The third-order valence-electron chi connectivity index (χ3n) is 3.44. The predicted molar refractivity (Wildman–Crippen MR) is 76.6 cm³/mol. The molecule has 1 aliphatic heterocycles. The van der Waals surface area contributed by atoms with Crippen molar-refractivity contribution >= 4 is 11.6 Å². The Bertz CT molecular complexity index is 734. The summed E-state index contributed by atoms with van der Waals surface area (Å²) in [7, 11) is 1.65. The maximum absolute atomic E-state index is 12.2. The number of hydrogen-bond acceptors (Lipinski definition) is 3. The van der Waals surface area contributed by atoms with Gasteiger partial charge in [0.05, 0.1) is 5.69 Å². The molecule has 2 aromatic rings. The van der Waals surface area contributed by atoms with Crippen LogP contribution in [0.3, 0.4) is 0 Å². The molecule has 0 atom stereocenters. The highest BCUT2D eigenvalue weighted by atomic mass is 16.1. The van der Waals surface area contributed by atoms with Crippen molar-refractivity contribution in [1.29, 1.82) is 0 Å². The molecule has 0 saturated carbocycles. The number of nitrogens with one attached hydrogen (secondary N) is 2. The molecule has 0 saturated heterocycles. The average Bonchev–Trinajstić information content (AvgIpc) is 2.90. The van der Waals surface area contributed by atoms with Crippen molar-refractivity contribution in [2.75, 3.05) is 5.32 Å². The van der Waals surface area contributed by atoms with Gasteiger partial charge < -0.3 is 15.2 Å². The van der Waals surface area contributed by atoms with Gasteiger partial charge in [0, 0.05) is 38.0 Å². The monoisotopic (exact) mass is 269 g/mol. The third kappa shape index (κ3) is 2.35. The molecule has 0 fully saturated rings. The first-order valence-electron chi connectivity index (χ1n) is 6.44. The lowest BCUT2D eigenvalue weighted by Crippen LogP contribution is -2.18. The lowest BCUT2D eigenvalue weighted by molar-refractivity contribution is 0.102. The number of rotatable bonds is 2. The molecule has 0 spiro atoms. The minimum absolute atomic E-state index is 0.105. The Morgan fingerprint density at radius 2 is 2.00 bits per heavy atom. The molecule has 20 heavy (non-hydrogen) atoms. The average molecular weight is 269 g/mol. The number of aromatic nitrogens is 1. The lowest BCUT2D eigenvalue weighted by atomic mass is 10.1. The fourth-order valence-electron chi connectivity index (χ4n) is 2.31. The van der Waals surface area contributed by atoms with Crippen LogP contribution in [0.5, 0.6) is 0 Å². The van der Waals surface area contributed by atoms with Gasteiger partial charge in [-0.05, 0) is 29.3 Å². The molecule has 1 amide bonds. The Balaban J connectivity index is 1.82. The summed E-state index contributed by atoms with van der Waals surface area (Å²) < 4.78 is 1.43. The van der Waals surface area contributed by atoms with Crippen LogP contribution < -0.4 is 16.2 Å². The van der Waals surface area contributed by atoms with Gasteiger partial charge in [-0.2, -0.15) is 0 Å². The highest BCUT2D eigenvalue weighted by Crippen LogP contribution is 2.17. The maximum atomic E-state index is 12.2. The van der Waals surface area contributed by atoms with Crippen LogP contribution in [0.1, 0.15) is 21.5 Å². The van der Waals surface area contributed by atoms with Crippen LogP contribution in [0.2, 0.25) is 0 Å². The molecule has 2 heterocycles. The number of anilines is 1. The Kier molecular flexibility index (Phi) is 3.12. The number of nitrogens with zero attached hydrogens (tertiary/aromatic N) is 1. The van der Waals surface area contributed by atoms with Crippen LogP contribution in [0.25, 0.3) is 0 Å². The number of benzene rings is 1. The van der Waals surface area contributed by atoms with E-state index >= 15 is 0 Å². The van der Waals surface area contributed by atoms with Crippen LogP contribution in [0.15, 0.2) is 41.3 Å². The van der Waals surface area contributed by atoms with Gasteiger partial charge in [-0.1, -0.05) is 6.07 Å². The molecule has 1 aromatic carbocycles. The van der Waals surface area contributed by atoms with Crippen LogP contribution in [0.4, 0.5) is 5.69 Å². The molecular formula is C15H15N3O2. The first-order valence-corrected chi connectivity index (χ1v) is 6.44. The zero-order valence-electron chi connectivity index (χ0n) is 11.1. The summed E-state index contributed by atoms with van der Waals surface area (Å²) in [5.74, 6) is -0.168.